The molecule has 0 spiro atoms. The highest BCUT2D eigenvalue weighted by atomic mass is 32.1. The van der Waals surface area contributed by atoms with Crippen molar-refractivity contribution in [3.63, 3.8) is 0 Å². The van der Waals surface area contributed by atoms with Crippen molar-refractivity contribution in [1.29, 1.82) is 5.26 Å². The molecule has 0 saturated carbocycles. The van der Waals surface area contributed by atoms with Gasteiger partial charge in [-0.15, -0.1) is 11.3 Å². The predicted octanol–water partition coefficient (Wildman–Crippen LogP) is 1.63. The lowest BCUT2D eigenvalue weighted by molar-refractivity contribution is -0.117. The Bertz CT molecular complexity index is 486. The number of carbonyl (C=O) groups excluding carboxylic acids is 1. The number of nitrogens with zero attached hydrogens (tertiary/aromatic N) is 2. The molecule has 108 valence electrons. The zero-order chi connectivity index (χ0) is 14.4. The van der Waals surface area contributed by atoms with E-state index < -0.39 is 0 Å². The first-order valence-electron chi connectivity index (χ1n) is 6.89. The highest BCUT2D eigenvalue weighted by molar-refractivity contribution is 7.14. The topological polar surface area (TPSA) is 68.2 Å². The highest BCUT2D eigenvalue weighted by Crippen LogP contribution is 2.22. The van der Waals surface area contributed by atoms with Gasteiger partial charge in [0.15, 0.2) is 0 Å². The van der Waals surface area contributed by atoms with Crippen LogP contribution in [-0.4, -0.2) is 43.5 Å². The van der Waals surface area contributed by atoms with Gasteiger partial charge >= 0.3 is 0 Å². The van der Waals surface area contributed by atoms with Crippen molar-refractivity contribution in [3.8, 4) is 6.07 Å². The average molecular weight is 292 g/mol. The Kier molecular flexibility index (Phi) is 5.53. The van der Waals surface area contributed by atoms with E-state index in [1.54, 1.807) is 6.07 Å². The van der Waals surface area contributed by atoms with Crippen LogP contribution >= 0.6 is 11.3 Å². The summed E-state index contributed by atoms with van der Waals surface area (Å²) in [6, 6.07) is 4.26. The molecule has 5 nitrogen and oxygen atoms in total. The number of hydrogen-bond donors (Lipinski definition) is 2. The molecule has 1 aliphatic heterocycles. The first kappa shape index (κ1) is 15.0. The van der Waals surface area contributed by atoms with Crippen molar-refractivity contribution in [2.24, 2.45) is 0 Å². The van der Waals surface area contributed by atoms with E-state index in [2.05, 4.69) is 21.6 Å². The second-order valence-corrected chi connectivity index (χ2v) is 5.99. The zero-order valence-electron chi connectivity index (χ0n) is 11.7. The third-order valence-electron chi connectivity index (χ3n) is 3.60. The molecule has 1 aromatic rings. The molecular weight excluding hydrogens is 272 g/mol. The summed E-state index contributed by atoms with van der Waals surface area (Å²) in [6.45, 7) is 2.45. The molecule has 2 heterocycles. The van der Waals surface area contributed by atoms with Gasteiger partial charge in [0.1, 0.15) is 11.1 Å². The quantitative estimate of drug-likeness (QED) is 0.885. The van der Waals surface area contributed by atoms with E-state index in [0.29, 0.717) is 23.2 Å². The van der Waals surface area contributed by atoms with E-state index in [0.717, 1.165) is 32.4 Å². The van der Waals surface area contributed by atoms with Crippen molar-refractivity contribution in [2.75, 3.05) is 32.0 Å². The van der Waals surface area contributed by atoms with Gasteiger partial charge in [-0.3, -0.25) is 9.69 Å². The van der Waals surface area contributed by atoms with E-state index in [1.165, 1.54) is 11.3 Å². The van der Waals surface area contributed by atoms with Gasteiger partial charge < -0.3 is 10.6 Å². The van der Waals surface area contributed by atoms with Crippen LogP contribution in [0, 0.1) is 11.3 Å². The number of hydrogen-bond acceptors (Lipinski definition) is 5. The summed E-state index contributed by atoms with van der Waals surface area (Å²) in [5, 5.41) is 17.6. The number of nitrogens with one attached hydrogen (secondary N) is 2. The number of amides is 1. The van der Waals surface area contributed by atoms with E-state index in [-0.39, 0.29) is 5.91 Å². The summed E-state index contributed by atoms with van der Waals surface area (Å²) in [5.74, 6) is -0.0522. The number of nitriles is 1. The maximum atomic E-state index is 12.0. The Hall–Kier alpha value is -1.42. The van der Waals surface area contributed by atoms with Gasteiger partial charge in [0.25, 0.3) is 0 Å². The summed E-state index contributed by atoms with van der Waals surface area (Å²) in [6.07, 6.45) is 3.35. The van der Waals surface area contributed by atoms with E-state index in [1.807, 2.05) is 12.4 Å². The van der Waals surface area contributed by atoms with Crippen LogP contribution in [0.5, 0.6) is 0 Å². The lowest BCUT2D eigenvalue weighted by Gasteiger charge is -2.26. The maximum absolute atomic E-state index is 12.0. The van der Waals surface area contributed by atoms with Crippen LogP contribution < -0.4 is 10.6 Å². The molecule has 20 heavy (non-hydrogen) atoms. The van der Waals surface area contributed by atoms with Gasteiger partial charge in [-0.25, -0.2) is 0 Å². The van der Waals surface area contributed by atoms with E-state index in [4.69, 9.17) is 5.26 Å². The Balaban J connectivity index is 1.86. The molecule has 1 amide bonds. The fourth-order valence-electron chi connectivity index (χ4n) is 2.46. The van der Waals surface area contributed by atoms with Crippen molar-refractivity contribution < 1.29 is 4.79 Å². The SMILES string of the molecule is CN(CC(=O)Nc1sccc1C#N)C1CCCNCC1. The third kappa shape index (κ3) is 4.04. The predicted molar refractivity (Wildman–Crippen MR) is 80.8 cm³/mol. The van der Waals surface area contributed by atoms with Crippen LogP contribution in [0.3, 0.4) is 0 Å². The minimum atomic E-state index is -0.0522. The Morgan fingerprint density at radius 2 is 2.45 bits per heavy atom. The van der Waals surface area contributed by atoms with Gasteiger partial charge in [-0.2, -0.15) is 5.26 Å². The van der Waals surface area contributed by atoms with Crippen LogP contribution in [0.2, 0.25) is 0 Å². The molecule has 6 heteroatoms. The normalized spacial score (nSPS) is 19.4. The van der Waals surface area contributed by atoms with Gasteiger partial charge in [-0.05, 0) is 50.8 Å². The smallest absolute Gasteiger partial charge is 0.239 e. The summed E-state index contributed by atoms with van der Waals surface area (Å²) in [4.78, 5) is 14.2. The summed E-state index contributed by atoms with van der Waals surface area (Å²) < 4.78 is 0. The van der Waals surface area contributed by atoms with Crippen LogP contribution in [0.25, 0.3) is 0 Å². The standard InChI is InChI=1S/C14H20N4OS/c1-18(12-3-2-6-16-7-4-12)10-13(19)17-14-11(9-15)5-8-20-14/h5,8,12,16H,2-4,6-7,10H2,1H3,(H,17,19). The van der Waals surface area contributed by atoms with Crippen LogP contribution in [0.15, 0.2) is 11.4 Å². The summed E-state index contributed by atoms with van der Waals surface area (Å²) in [5.41, 5.74) is 0.532. The molecule has 1 aliphatic rings. The zero-order valence-corrected chi connectivity index (χ0v) is 12.5. The molecule has 0 bridgehead atoms. The summed E-state index contributed by atoms with van der Waals surface area (Å²) >= 11 is 1.39. The molecule has 1 aromatic heterocycles. The highest BCUT2D eigenvalue weighted by Gasteiger charge is 2.19. The third-order valence-corrected chi connectivity index (χ3v) is 4.43. The molecule has 0 aromatic carbocycles. The first-order chi connectivity index (χ1) is 9.70. The molecule has 1 fully saturated rings. The van der Waals surface area contributed by atoms with Crippen molar-refractivity contribution in [3.05, 3.63) is 17.0 Å². The molecule has 1 atom stereocenters. The lowest BCUT2D eigenvalue weighted by atomic mass is 10.1. The first-order valence-corrected chi connectivity index (χ1v) is 7.77. The fraction of sp³-hybridized carbons (Fsp3) is 0.571. The maximum Gasteiger partial charge on any atom is 0.239 e. The van der Waals surface area contributed by atoms with Gasteiger partial charge in [-0.1, -0.05) is 0 Å². The molecule has 2 N–H and O–H groups in total. The minimum Gasteiger partial charge on any atom is -0.317 e. The Morgan fingerprint density at radius 1 is 1.60 bits per heavy atom. The Morgan fingerprint density at radius 3 is 3.25 bits per heavy atom. The van der Waals surface area contributed by atoms with Crippen molar-refractivity contribution in [2.45, 2.75) is 25.3 Å². The van der Waals surface area contributed by atoms with Gasteiger partial charge in [0.2, 0.25) is 5.91 Å². The molecule has 0 radical (unpaired) electrons. The molecule has 1 saturated heterocycles. The van der Waals surface area contributed by atoms with Gasteiger partial charge in [0.05, 0.1) is 12.1 Å². The number of thiophene rings is 1. The number of carbonyl (C=O) groups is 1. The van der Waals surface area contributed by atoms with Crippen molar-refractivity contribution in [1.82, 2.24) is 10.2 Å². The van der Waals surface area contributed by atoms with E-state index in [9.17, 15) is 4.79 Å². The van der Waals surface area contributed by atoms with Crippen molar-refractivity contribution >= 4 is 22.2 Å². The minimum absolute atomic E-state index is 0.0522. The molecular formula is C14H20N4OS. The molecule has 0 aliphatic carbocycles. The monoisotopic (exact) mass is 292 g/mol. The Labute approximate surface area is 123 Å². The van der Waals surface area contributed by atoms with E-state index >= 15 is 0 Å². The summed E-state index contributed by atoms with van der Waals surface area (Å²) in [7, 11) is 2.00. The molecule has 1 unspecified atom stereocenters. The largest absolute Gasteiger partial charge is 0.317 e. The second-order valence-electron chi connectivity index (χ2n) is 5.07. The number of rotatable bonds is 4. The van der Waals surface area contributed by atoms with Crippen LogP contribution in [0.1, 0.15) is 24.8 Å². The number of anilines is 1. The lowest BCUT2D eigenvalue weighted by Crippen LogP contribution is -2.38. The van der Waals surface area contributed by atoms with Gasteiger partial charge in [0, 0.05) is 6.04 Å². The second kappa shape index (κ2) is 7.39. The average Bonchev–Trinajstić information content (AvgIpc) is 2.70. The fourth-order valence-corrected chi connectivity index (χ4v) is 3.21. The number of likely N-dealkylation sites (N-methyl/N-ethyl adjacent to an activating group) is 1. The van der Waals surface area contributed by atoms with Crippen LogP contribution in [-0.2, 0) is 4.79 Å². The molecule has 2 rings (SSSR count). The van der Waals surface area contributed by atoms with Crippen LogP contribution in [0.4, 0.5) is 5.00 Å².